The second-order valence-electron chi connectivity index (χ2n) is 5.81. The van der Waals surface area contributed by atoms with E-state index in [2.05, 4.69) is 4.98 Å². The molecule has 1 atom stereocenters. The van der Waals surface area contributed by atoms with Crippen molar-refractivity contribution in [2.45, 2.75) is 60.2 Å². The van der Waals surface area contributed by atoms with Gasteiger partial charge in [-0.2, -0.15) is 0 Å². The molecule has 0 radical (unpaired) electrons. The van der Waals surface area contributed by atoms with Gasteiger partial charge in [0, 0.05) is 24.5 Å². The molecule has 6 nitrogen and oxygen atoms in total. The van der Waals surface area contributed by atoms with Crippen LogP contribution in [0.15, 0.2) is 0 Å². The highest BCUT2D eigenvalue weighted by atomic mass is 16.6. The number of nitrogens with zero attached hydrogens (tertiary/aromatic N) is 1. The maximum atomic E-state index is 12.1. The van der Waals surface area contributed by atoms with Crippen molar-refractivity contribution in [1.29, 1.82) is 5.41 Å². The van der Waals surface area contributed by atoms with Crippen LogP contribution in [0.5, 0.6) is 0 Å². The molecule has 0 aliphatic rings. The molecule has 132 valence electrons. The van der Waals surface area contributed by atoms with Crippen LogP contribution in [0.25, 0.3) is 0 Å². The Balaban J connectivity index is 0. The molecule has 6 heteroatoms. The molecular formula is C17H31N3O3. The largest absolute Gasteiger partial charge is 0.467 e. The number of aryl methyl sites for hydroxylation is 1. The smallest absolute Gasteiger partial charge is 0.339 e. The molecule has 1 aromatic heterocycles. The van der Waals surface area contributed by atoms with E-state index in [1.54, 1.807) is 13.8 Å². The fourth-order valence-corrected chi connectivity index (χ4v) is 2.16. The highest BCUT2D eigenvalue weighted by molar-refractivity contribution is 5.87. The zero-order chi connectivity index (χ0) is 18.4. The number of nitrogens with one attached hydrogen (secondary N) is 1. The van der Waals surface area contributed by atoms with Crippen molar-refractivity contribution in [1.82, 2.24) is 4.98 Å². The molecule has 0 spiro atoms. The highest BCUT2D eigenvalue weighted by Gasteiger charge is 2.32. The molecule has 0 unspecified atom stereocenters. The minimum absolute atomic E-state index is 0. The number of nitrogen functional groups attached to an aromatic ring is 1. The third-order valence-electron chi connectivity index (χ3n) is 3.06. The fourth-order valence-electron chi connectivity index (χ4n) is 2.16. The van der Waals surface area contributed by atoms with Gasteiger partial charge in [-0.25, -0.2) is 9.78 Å². The normalized spacial score (nSPS) is 12.0. The van der Waals surface area contributed by atoms with Gasteiger partial charge in [0.2, 0.25) is 0 Å². The molecule has 0 amide bonds. The van der Waals surface area contributed by atoms with Crippen molar-refractivity contribution in [3.8, 4) is 0 Å². The van der Waals surface area contributed by atoms with Crippen LogP contribution in [0.3, 0.4) is 0 Å². The summed E-state index contributed by atoms with van der Waals surface area (Å²) in [6, 6.07) is 0. The van der Waals surface area contributed by atoms with E-state index in [0.29, 0.717) is 22.4 Å². The molecule has 0 aliphatic carbocycles. The molecule has 3 N–H and O–H groups in total. The van der Waals surface area contributed by atoms with E-state index in [9.17, 15) is 4.79 Å². The summed E-state index contributed by atoms with van der Waals surface area (Å²) in [6.07, 6.45) is 0.230. The lowest BCUT2D eigenvalue weighted by Crippen LogP contribution is -2.29. The number of pyridine rings is 1. The summed E-state index contributed by atoms with van der Waals surface area (Å²) in [5.74, 6) is -0.234. The zero-order valence-corrected chi connectivity index (χ0v) is 15.4. The summed E-state index contributed by atoms with van der Waals surface area (Å²) in [7, 11) is 1.31. The summed E-state index contributed by atoms with van der Waals surface area (Å²) in [6.45, 7) is 13.1. The Kier molecular flexibility index (Phi) is 7.89. The van der Waals surface area contributed by atoms with Crippen molar-refractivity contribution < 1.29 is 15.7 Å². The number of carbonyl (C=O) groups excluding carboxylic acids is 1. The Labute approximate surface area is 140 Å². The van der Waals surface area contributed by atoms with E-state index in [-0.39, 0.29) is 7.24 Å². The van der Waals surface area contributed by atoms with Gasteiger partial charge in [-0.15, -0.1) is 0 Å². The van der Waals surface area contributed by atoms with Gasteiger partial charge in [0.1, 0.15) is 5.82 Å². The first-order chi connectivity index (χ1) is 10.6. The standard InChI is InChI=1S/C15H23N3O3.C2H6.H2/c1-8-10(7-16)13(17)18-9(2)11(8)12(14(19)20-6)21-15(3,4)5;1-2;/h7,12,16H,1-6H3,(H2,17,18);1-2H3;1H/t12-;;/m0../s1. The number of ether oxygens (including phenoxy) is 2. The number of aromatic nitrogens is 1. The van der Waals surface area contributed by atoms with Crippen LogP contribution in [0.1, 0.15) is 64.5 Å². The second kappa shape index (κ2) is 8.62. The lowest BCUT2D eigenvalue weighted by atomic mass is 9.97. The van der Waals surface area contributed by atoms with Crippen LogP contribution in [0.4, 0.5) is 5.82 Å². The van der Waals surface area contributed by atoms with E-state index in [1.165, 1.54) is 7.11 Å². The predicted molar refractivity (Wildman–Crippen MR) is 95.1 cm³/mol. The summed E-state index contributed by atoms with van der Waals surface area (Å²) >= 11 is 0. The predicted octanol–water partition coefficient (Wildman–Crippen LogP) is 3.58. The van der Waals surface area contributed by atoms with E-state index in [0.717, 1.165) is 6.21 Å². The zero-order valence-electron chi connectivity index (χ0n) is 15.4. The maximum Gasteiger partial charge on any atom is 0.339 e. The average molecular weight is 325 g/mol. The highest BCUT2D eigenvalue weighted by Crippen LogP contribution is 2.32. The first kappa shape index (κ1) is 21.0. The van der Waals surface area contributed by atoms with Crippen LogP contribution >= 0.6 is 0 Å². The van der Waals surface area contributed by atoms with E-state index in [1.807, 2.05) is 34.6 Å². The topological polar surface area (TPSA) is 98.3 Å². The number of anilines is 1. The van der Waals surface area contributed by atoms with Gasteiger partial charge in [0.25, 0.3) is 0 Å². The number of hydrogen-bond acceptors (Lipinski definition) is 6. The Morgan fingerprint density at radius 1 is 1.35 bits per heavy atom. The Hall–Kier alpha value is -1.95. The molecular weight excluding hydrogens is 294 g/mol. The third kappa shape index (κ3) is 5.32. The van der Waals surface area contributed by atoms with Crippen molar-refractivity contribution in [3.63, 3.8) is 0 Å². The Morgan fingerprint density at radius 2 is 1.87 bits per heavy atom. The second-order valence-corrected chi connectivity index (χ2v) is 5.81. The minimum atomic E-state index is -0.901. The monoisotopic (exact) mass is 325 g/mol. The van der Waals surface area contributed by atoms with Gasteiger partial charge >= 0.3 is 5.97 Å². The van der Waals surface area contributed by atoms with Crippen LogP contribution in [-0.2, 0) is 14.3 Å². The van der Waals surface area contributed by atoms with Gasteiger partial charge in [-0.3, -0.25) is 0 Å². The summed E-state index contributed by atoms with van der Waals surface area (Å²) in [5.41, 5.74) is 7.67. The van der Waals surface area contributed by atoms with Crippen LogP contribution in [-0.4, -0.2) is 29.9 Å². The molecule has 23 heavy (non-hydrogen) atoms. The number of nitrogens with two attached hydrogens (primary N) is 1. The van der Waals surface area contributed by atoms with Crippen molar-refractivity contribution in [2.24, 2.45) is 0 Å². The van der Waals surface area contributed by atoms with Crippen LogP contribution < -0.4 is 5.73 Å². The lowest BCUT2D eigenvalue weighted by molar-refractivity contribution is -0.164. The van der Waals surface area contributed by atoms with E-state index < -0.39 is 17.7 Å². The van der Waals surface area contributed by atoms with E-state index in [4.69, 9.17) is 20.6 Å². The molecule has 1 aromatic rings. The Bertz CT molecular complexity index is 569. The SMILES string of the molecule is CC.COC(=O)[C@@H](OC(C)(C)C)c1c(C)nc(N)c(C=N)c1C.[HH]. The summed E-state index contributed by atoms with van der Waals surface area (Å²) < 4.78 is 10.7. The van der Waals surface area contributed by atoms with Crippen molar-refractivity contribution in [3.05, 3.63) is 22.4 Å². The van der Waals surface area contributed by atoms with Gasteiger partial charge in [-0.1, -0.05) is 13.8 Å². The lowest BCUT2D eigenvalue weighted by Gasteiger charge is -2.28. The number of rotatable bonds is 4. The molecule has 0 saturated heterocycles. The molecule has 0 saturated carbocycles. The van der Waals surface area contributed by atoms with Crippen LogP contribution in [0, 0.1) is 19.3 Å². The molecule has 1 rings (SSSR count). The van der Waals surface area contributed by atoms with E-state index >= 15 is 0 Å². The van der Waals surface area contributed by atoms with Crippen molar-refractivity contribution in [2.75, 3.05) is 12.8 Å². The maximum absolute atomic E-state index is 12.1. The average Bonchev–Trinajstić information content (AvgIpc) is 2.46. The number of hydrogen-bond donors (Lipinski definition) is 2. The first-order valence-electron chi connectivity index (χ1n) is 7.65. The summed E-state index contributed by atoms with van der Waals surface area (Å²) in [4.78, 5) is 16.3. The quantitative estimate of drug-likeness (QED) is 0.651. The number of methoxy groups -OCH3 is 1. The minimum Gasteiger partial charge on any atom is -0.467 e. The number of carbonyl (C=O) groups is 1. The molecule has 0 bridgehead atoms. The molecule has 0 aromatic carbocycles. The van der Waals surface area contributed by atoms with Crippen LogP contribution in [0.2, 0.25) is 0 Å². The van der Waals surface area contributed by atoms with Gasteiger partial charge in [0.05, 0.1) is 12.7 Å². The third-order valence-corrected chi connectivity index (χ3v) is 3.06. The summed E-state index contributed by atoms with van der Waals surface area (Å²) in [5, 5.41) is 7.46. The molecule has 0 fully saturated rings. The van der Waals surface area contributed by atoms with Crippen molar-refractivity contribution >= 4 is 18.0 Å². The molecule has 0 aliphatic heterocycles. The van der Waals surface area contributed by atoms with Gasteiger partial charge < -0.3 is 20.6 Å². The molecule has 1 heterocycles. The van der Waals surface area contributed by atoms with Gasteiger partial charge in [-0.05, 0) is 40.2 Å². The Morgan fingerprint density at radius 3 is 2.26 bits per heavy atom. The fraction of sp³-hybridized carbons (Fsp3) is 0.588. The number of esters is 1. The van der Waals surface area contributed by atoms with Gasteiger partial charge in [0.15, 0.2) is 6.10 Å². The first-order valence-corrected chi connectivity index (χ1v) is 7.65.